The predicted octanol–water partition coefficient (Wildman–Crippen LogP) is 0.516. The van der Waals surface area contributed by atoms with Crippen molar-refractivity contribution in [1.82, 2.24) is 10.3 Å². The summed E-state index contributed by atoms with van der Waals surface area (Å²) in [4.78, 5) is 15.5. The second-order valence-electron chi connectivity index (χ2n) is 3.08. The van der Waals surface area contributed by atoms with Crippen LogP contribution in [0.1, 0.15) is 10.4 Å². The number of benzene rings is 1. The summed E-state index contributed by atoms with van der Waals surface area (Å²) < 4.78 is 5.07. The molecule has 0 unspecified atom stereocenters. The summed E-state index contributed by atoms with van der Waals surface area (Å²) in [6.07, 6.45) is 1.35. The van der Waals surface area contributed by atoms with Gasteiger partial charge in [0.15, 0.2) is 12.0 Å². The molecule has 2 aromatic rings. The van der Waals surface area contributed by atoms with Gasteiger partial charge in [0.1, 0.15) is 5.52 Å². The summed E-state index contributed by atoms with van der Waals surface area (Å²) in [5.74, 6) is -0.148. The molecule has 0 atom stereocenters. The van der Waals surface area contributed by atoms with E-state index in [-0.39, 0.29) is 5.91 Å². The van der Waals surface area contributed by atoms with Crippen LogP contribution in [0, 0.1) is 0 Å². The molecular formula is C10H11N3O2. The number of aromatic nitrogens is 1. The number of hydrogen-bond donors (Lipinski definition) is 2. The molecule has 5 nitrogen and oxygen atoms in total. The molecule has 0 spiro atoms. The highest BCUT2D eigenvalue weighted by atomic mass is 16.3. The van der Waals surface area contributed by atoms with Gasteiger partial charge in [-0.2, -0.15) is 0 Å². The smallest absolute Gasteiger partial charge is 0.251 e. The zero-order valence-electron chi connectivity index (χ0n) is 8.06. The van der Waals surface area contributed by atoms with Crippen LogP contribution in [0.2, 0.25) is 0 Å². The van der Waals surface area contributed by atoms with Crippen molar-refractivity contribution in [3.63, 3.8) is 0 Å². The largest absolute Gasteiger partial charge is 0.443 e. The summed E-state index contributed by atoms with van der Waals surface area (Å²) in [7, 11) is 0. The van der Waals surface area contributed by atoms with Gasteiger partial charge in [-0.1, -0.05) is 0 Å². The van der Waals surface area contributed by atoms with Crippen LogP contribution in [0.4, 0.5) is 0 Å². The van der Waals surface area contributed by atoms with E-state index in [4.69, 9.17) is 10.2 Å². The fraction of sp³-hybridized carbons (Fsp3) is 0.200. The summed E-state index contributed by atoms with van der Waals surface area (Å²) in [5, 5.41) is 2.68. The SMILES string of the molecule is NCCNC(=O)c1ccc2ocnc2c1. The summed E-state index contributed by atoms with van der Waals surface area (Å²) in [6.45, 7) is 0.896. The van der Waals surface area contributed by atoms with E-state index in [1.807, 2.05) is 0 Å². The first kappa shape index (κ1) is 9.67. The molecule has 0 saturated heterocycles. The van der Waals surface area contributed by atoms with Crippen molar-refractivity contribution in [2.75, 3.05) is 13.1 Å². The summed E-state index contributed by atoms with van der Waals surface area (Å²) in [5.41, 5.74) is 7.19. The van der Waals surface area contributed by atoms with Crippen LogP contribution in [-0.2, 0) is 0 Å². The molecule has 0 radical (unpaired) electrons. The lowest BCUT2D eigenvalue weighted by Crippen LogP contribution is -2.28. The molecular weight excluding hydrogens is 194 g/mol. The second kappa shape index (κ2) is 4.10. The monoisotopic (exact) mass is 205 g/mol. The number of carbonyl (C=O) groups excluding carboxylic acids is 1. The Morgan fingerprint density at radius 3 is 3.20 bits per heavy atom. The third-order valence-electron chi connectivity index (χ3n) is 2.02. The number of fused-ring (bicyclic) bond motifs is 1. The molecule has 3 N–H and O–H groups in total. The third-order valence-corrected chi connectivity index (χ3v) is 2.02. The van der Waals surface area contributed by atoms with Crippen LogP contribution < -0.4 is 11.1 Å². The van der Waals surface area contributed by atoms with E-state index >= 15 is 0 Å². The standard InChI is InChI=1S/C10H11N3O2/c11-3-4-12-10(14)7-1-2-9-8(5-7)13-6-15-9/h1-2,5-6H,3-4,11H2,(H,12,14). The van der Waals surface area contributed by atoms with Crippen molar-refractivity contribution >= 4 is 17.0 Å². The van der Waals surface area contributed by atoms with Crippen molar-refractivity contribution in [3.05, 3.63) is 30.2 Å². The number of nitrogens with one attached hydrogen (secondary N) is 1. The number of amides is 1. The molecule has 0 aliphatic carbocycles. The highest BCUT2D eigenvalue weighted by Crippen LogP contribution is 2.13. The Hall–Kier alpha value is -1.88. The summed E-state index contributed by atoms with van der Waals surface area (Å²) in [6, 6.07) is 5.10. The van der Waals surface area contributed by atoms with Gasteiger partial charge in [-0.25, -0.2) is 4.98 Å². The minimum Gasteiger partial charge on any atom is -0.443 e. The Kier molecular flexibility index (Phi) is 2.64. The maximum absolute atomic E-state index is 11.5. The first-order chi connectivity index (χ1) is 7.31. The maximum Gasteiger partial charge on any atom is 0.251 e. The van der Waals surface area contributed by atoms with Crippen molar-refractivity contribution < 1.29 is 9.21 Å². The fourth-order valence-corrected chi connectivity index (χ4v) is 1.29. The Labute approximate surface area is 86.3 Å². The Balaban J connectivity index is 2.23. The van der Waals surface area contributed by atoms with Crippen molar-refractivity contribution in [1.29, 1.82) is 0 Å². The number of nitrogens with zero attached hydrogens (tertiary/aromatic N) is 1. The van der Waals surface area contributed by atoms with Gasteiger partial charge in [0.05, 0.1) is 0 Å². The molecule has 0 aliphatic heterocycles. The number of carbonyl (C=O) groups is 1. The molecule has 1 aromatic carbocycles. The van der Waals surface area contributed by atoms with Crippen molar-refractivity contribution in [2.45, 2.75) is 0 Å². The lowest BCUT2D eigenvalue weighted by Gasteiger charge is -2.02. The van der Waals surface area contributed by atoms with Gasteiger partial charge in [0.2, 0.25) is 0 Å². The van der Waals surface area contributed by atoms with Gasteiger partial charge in [0, 0.05) is 18.7 Å². The van der Waals surface area contributed by atoms with Crippen LogP contribution in [0.5, 0.6) is 0 Å². The number of nitrogens with two attached hydrogens (primary N) is 1. The lowest BCUT2D eigenvalue weighted by molar-refractivity contribution is 0.0955. The summed E-state index contributed by atoms with van der Waals surface area (Å²) >= 11 is 0. The molecule has 1 heterocycles. The molecule has 0 fully saturated rings. The molecule has 5 heteroatoms. The van der Waals surface area contributed by atoms with Gasteiger partial charge in [-0.15, -0.1) is 0 Å². The van der Waals surface area contributed by atoms with Crippen LogP contribution in [0.25, 0.3) is 11.1 Å². The third kappa shape index (κ3) is 1.97. The Bertz CT molecular complexity index is 478. The van der Waals surface area contributed by atoms with Crippen LogP contribution in [-0.4, -0.2) is 24.0 Å². The fourth-order valence-electron chi connectivity index (χ4n) is 1.29. The average Bonchev–Trinajstić information content (AvgIpc) is 2.72. The molecule has 2 rings (SSSR count). The zero-order chi connectivity index (χ0) is 10.7. The first-order valence-corrected chi connectivity index (χ1v) is 4.63. The van der Waals surface area contributed by atoms with Gasteiger partial charge < -0.3 is 15.5 Å². The van der Waals surface area contributed by atoms with E-state index in [0.717, 1.165) is 0 Å². The number of hydrogen-bond acceptors (Lipinski definition) is 4. The maximum atomic E-state index is 11.5. The molecule has 1 aromatic heterocycles. The van der Waals surface area contributed by atoms with Crippen LogP contribution in [0.15, 0.2) is 29.0 Å². The average molecular weight is 205 g/mol. The van der Waals surface area contributed by atoms with Crippen LogP contribution >= 0.6 is 0 Å². The Morgan fingerprint density at radius 2 is 2.40 bits per heavy atom. The minimum atomic E-state index is -0.148. The molecule has 0 bridgehead atoms. The normalized spacial score (nSPS) is 10.5. The van der Waals surface area contributed by atoms with E-state index in [1.54, 1.807) is 18.2 Å². The van der Waals surface area contributed by atoms with Gasteiger partial charge in [-0.05, 0) is 18.2 Å². The quantitative estimate of drug-likeness (QED) is 0.765. The van der Waals surface area contributed by atoms with Crippen LogP contribution in [0.3, 0.4) is 0 Å². The highest BCUT2D eigenvalue weighted by Gasteiger charge is 2.06. The van der Waals surface area contributed by atoms with E-state index in [9.17, 15) is 4.79 Å². The van der Waals surface area contributed by atoms with E-state index < -0.39 is 0 Å². The second-order valence-corrected chi connectivity index (χ2v) is 3.08. The molecule has 15 heavy (non-hydrogen) atoms. The zero-order valence-corrected chi connectivity index (χ0v) is 8.06. The van der Waals surface area contributed by atoms with Crippen molar-refractivity contribution in [2.24, 2.45) is 5.73 Å². The Morgan fingerprint density at radius 1 is 1.53 bits per heavy atom. The molecule has 0 aliphatic rings. The number of rotatable bonds is 3. The first-order valence-electron chi connectivity index (χ1n) is 4.63. The number of oxazole rings is 1. The van der Waals surface area contributed by atoms with Crippen molar-refractivity contribution in [3.8, 4) is 0 Å². The highest BCUT2D eigenvalue weighted by molar-refractivity contribution is 5.96. The predicted molar refractivity (Wildman–Crippen MR) is 55.4 cm³/mol. The van der Waals surface area contributed by atoms with Gasteiger partial charge in [0.25, 0.3) is 5.91 Å². The topological polar surface area (TPSA) is 81.1 Å². The van der Waals surface area contributed by atoms with Gasteiger partial charge >= 0.3 is 0 Å². The van der Waals surface area contributed by atoms with E-state index in [1.165, 1.54) is 6.39 Å². The minimum absolute atomic E-state index is 0.148. The molecule has 78 valence electrons. The van der Waals surface area contributed by atoms with E-state index in [0.29, 0.717) is 29.8 Å². The molecule has 0 saturated carbocycles. The van der Waals surface area contributed by atoms with Gasteiger partial charge in [-0.3, -0.25) is 4.79 Å². The molecule has 1 amide bonds. The lowest BCUT2D eigenvalue weighted by atomic mass is 10.2. The van der Waals surface area contributed by atoms with E-state index in [2.05, 4.69) is 10.3 Å².